The summed E-state index contributed by atoms with van der Waals surface area (Å²) in [7, 11) is 0. The van der Waals surface area contributed by atoms with Crippen molar-refractivity contribution in [2.75, 3.05) is 32.8 Å². The number of hydrogen-bond acceptors (Lipinski definition) is 3. The van der Waals surface area contributed by atoms with E-state index in [2.05, 4.69) is 24.1 Å². The second kappa shape index (κ2) is 4.04. The van der Waals surface area contributed by atoms with Crippen LogP contribution in [-0.2, 0) is 0 Å². The molecule has 0 bridgehead atoms. The van der Waals surface area contributed by atoms with Gasteiger partial charge in [0.05, 0.1) is 6.61 Å². The van der Waals surface area contributed by atoms with Crippen molar-refractivity contribution in [1.29, 1.82) is 0 Å². The Morgan fingerprint density at radius 2 is 1.87 bits per heavy atom. The number of aliphatic hydroxyl groups excluding tert-OH is 1. The van der Waals surface area contributed by atoms with E-state index in [1.165, 1.54) is 6.42 Å². The highest BCUT2D eigenvalue weighted by Gasteiger charge is 2.46. The van der Waals surface area contributed by atoms with Crippen molar-refractivity contribution in [3.8, 4) is 0 Å². The van der Waals surface area contributed by atoms with Gasteiger partial charge >= 0.3 is 0 Å². The van der Waals surface area contributed by atoms with Crippen LogP contribution in [0.3, 0.4) is 0 Å². The fourth-order valence-corrected chi connectivity index (χ4v) is 3.28. The number of nitrogens with one attached hydrogen (secondary N) is 1. The molecule has 88 valence electrons. The summed E-state index contributed by atoms with van der Waals surface area (Å²) < 4.78 is 0. The Balaban J connectivity index is 2.08. The van der Waals surface area contributed by atoms with Crippen LogP contribution in [0.15, 0.2) is 0 Å². The molecule has 2 N–H and O–H groups in total. The quantitative estimate of drug-likeness (QED) is 0.712. The van der Waals surface area contributed by atoms with Crippen LogP contribution < -0.4 is 5.32 Å². The molecule has 2 aliphatic rings. The highest BCUT2D eigenvalue weighted by molar-refractivity contribution is 5.01. The summed E-state index contributed by atoms with van der Waals surface area (Å²) in [6.45, 7) is 9.31. The standard InChI is InChI=1S/C12H24N2O/c1-11(2)3-4-12(9-11,10-15)14-7-5-13-6-8-14/h13,15H,3-10H2,1-2H3. The zero-order valence-corrected chi connectivity index (χ0v) is 10.1. The van der Waals surface area contributed by atoms with E-state index in [1.807, 2.05) is 0 Å². The first-order valence-corrected chi connectivity index (χ1v) is 6.15. The third-order valence-corrected chi connectivity index (χ3v) is 4.16. The lowest BCUT2D eigenvalue weighted by atomic mass is 9.87. The molecule has 0 aromatic carbocycles. The van der Waals surface area contributed by atoms with Crippen LogP contribution in [0.2, 0.25) is 0 Å². The Kier molecular flexibility index (Phi) is 3.06. The minimum Gasteiger partial charge on any atom is -0.394 e. The van der Waals surface area contributed by atoms with Crippen molar-refractivity contribution in [2.24, 2.45) is 5.41 Å². The van der Waals surface area contributed by atoms with Crippen molar-refractivity contribution in [3.63, 3.8) is 0 Å². The van der Waals surface area contributed by atoms with Crippen LogP contribution in [0.4, 0.5) is 0 Å². The van der Waals surface area contributed by atoms with E-state index in [0.717, 1.165) is 39.0 Å². The van der Waals surface area contributed by atoms with Gasteiger partial charge in [0.25, 0.3) is 0 Å². The van der Waals surface area contributed by atoms with Crippen molar-refractivity contribution in [1.82, 2.24) is 10.2 Å². The van der Waals surface area contributed by atoms with Gasteiger partial charge < -0.3 is 10.4 Å². The molecular weight excluding hydrogens is 188 g/mol. The average Bonchev–Trinajstić information content (AvgIpc) is 2.57. The van der Waals surface area contributed by atoms with Crippen LogP contribution >= 0.6 is 0 Å². The average molecular weight is 212 g/mol. The molecule has 0 aromatic heterocycles. The van der Waals surface area contributed by atoms with Crippen molar-refractivity contribution < 1.29 is 5.11 Å². The van der Waals surface area contributed by atoms with Crippen LogP contribution in [0.25, 0.3) is 0 Å². The second-order valence-corrected chi connectivity index (χ2v) is 5.96. The molecule has 1 unspecified atom stereocenters. The predicted octanol–water partition coefficient (Wildman–Crippen LogP) is 0.833. The lowest BCUT2D eigenvalue weighted by Crippen LogP contribution is -2.57. The van der Waals surface area contributed by atoms with Gasteiger partial charge in [-0.1, -0.05) is 13.8 Å². The SMILES string of the molecule is CC1(C)CCC(CO)(N2CCNCC2)C1. The van der Waals surface area contributed by atoms with Gasteiger partial charge in [0.1, 0.15) is 0 Å². The molecule has 1 atom stereocenters. The maximum Gasteiger partial charge on any atom is 0.0615 e. The second-order valence-electron chi connectivity index (χ2n) is 5.96. The Bertz CT molecular complexity index is 224. The lowest BCUT2D eigenvalue weighted by molar-refractivity contribution is 0.0181. The monoisotopic (exact) mass is 212 g/mol. The van der Waals surface area contributed by atoms with Gasteiger partial charge in [-0.3, -0.25) is 4.90 Å². The minimum atomic E-state index is 0.0889. The van der Waals surface area contributed by atoms with E-state index in [1.54, 1.807) is 0 Å². The molecule has 15 heavy (non-hydrogen) atoms. The van der Waals surface area contributed by atoms with Gasteiger partial charge in [-0.15, -0.1) is 0 Å². The molecule has 2 fully saturated rings. The van der Waals surface area contributed by atoms with E-state index >= 15 is 0 Å². The molecule has 1 aliphatic carbocycles. The van der Waals surface area contributed by atoms with Crippen molar-refractivity contribution in [3.05, 3.63) is 0 Å². The number of hydrogen-bond donors (Lipinski definition) is 2. The van der Waals surface area contributed by atoms with Crippen LogP contribution in [0, 0.1) is 5.41 Å². The van der Waals surface area contributed by atoms with E-state index in [9.17, 15) is 5.11 Å². The molecular formula is C12H24N2O. The zero-order chi connectivity index (χ0) is 10.9. The van der Waals surface area contributed by atoms with Gasteiger partial charge in [0, 0.05) is 31.7 Å². The molecule has 0 radical (unpaired) electrons. The maximum absolute atomic E-state index is 9.74. The van der Waals surface area contributed by atoms with Gasteiger partial charge in [0.15, 0.2) is 0 Å². The summed E-state index contributed by atoms with van der Waals surface area (Å²) in [5.41, 5.74) is 0.499. The number of aliphatic hydroxyl groups is 1. The maximum atomic E-state index is 9.74. The van der Waals surface area contributed by atoms with E-state index in [0.29, 0.717) is 12.0 Å². The Hall–Kier alpha value is -0.120. The van der Waals surface area contributed by atoms with Gasteiger partial charge in [-0.2, -0.15) is 0 Å². The lowest BCUT2D eigenvalue weighted by Gasteiger charge is -2.43. The third-order valence-electron chi connectivity index (χ3n) is 4.16. The largest absolute Gasteiger partial charge is 0.394 e. The normalized spacial score (nSPS) is 37.0. The molecule has 0 amide bonds. The number of nitrogens with zero attached hydrogens (tertiary/aromatic N) is 1. The Morgan fingerprint density at radius 1 is 1.20 bits per heavy atom. The first kappa shape index (κ1) is 11.4. The zero-order valence-electron chi connectivity index (χ0n) is 10.1. The van der Waals surface area contributed by atoms with Crippen LogP contribution in [-0.4, -0.2) is 48.3 Å². The smallest absolute Gasteiger partial charge is 0.0615 e. The third kappa shape index (κ3) is 2.19. The predicted molar refractivity (Wildman–Crippen MR) is 61.9 cm³/mol. The summed E-state index contributed by atoms with van der Waals surface area (Å²) >= 11 is 0. The van der Waals surface area contributed by atoms with Crippen LogP contribution in [0.5, 0.6) is 0 Å². The molecule has 1 heterocycles. The number of piperazine rings is 1. The van der Waals surface area contributed by atoms with Crippen LogP contribution in [0.1, 0.15) is 33.1 Å². The van der Waals surface area contributed by atoms with Gasteiger partial charge in [-0.25, -0.2) is 0 Å². The molecule has 2 rings (SSSR count). The Morgan fingerprint density at radius 3 is 2.33 bits per heavy atom. The molecule has 3 heteroatoms. The van der Waals surface area contributed by atoms with Gasteiger partial charge in [0.2, 0.25) is 0 Å². The van der Waals surface area contributed by atoms with Crippen molar-refractivity contribution >= 4 is 0 Å². The summed E-state index contributed by atoms with van der Waals surface area (Å²) in [4.78, 5) is 2.51. The first-order chi connectivity index (χ1) is 7.08. The van der Waals surface area contributed by atoms with E-state index < -0.39 is 0 Å². The molecule has 0 spiro atoms. The minimum absolute atomic E-state index is 0.0889. The number of rotatable bonds is 2. The van der Waals surface area contributed by atoms with E-state index in [4.69, 9.17) is 0 Å². The Labute approximate surface area is 92.8 Å². The summed E-state index contributed by atoms with van der Waals surface area (Å²) in [6, 6.07) is 0. The molecule has 1 saturated carbocycles. The fraction of sp³-hybridized carbons (Fsp3) is 1.00. The molecule has 1 aliphatic heterocycles. The van der Waals surface area contributed by atoms with E-state index in [-0.39, 0.29) is 5.54 Å². The molecule has 0 aromatic rings. The molecule has 1 saturated heterocycles. The highest BCUT2D eigenvalue weighted by atomic mass is 16.3. The molecule has 3 nitrogen and oxygen atoms in total. The first-order valence-electron chi connectivity index (χ1n) is 6.15. The van der Waals surface area contributed by atoms with Crippen molar-refractivity contribution in [2.45, 2.75) is 38.6 Å². The summed E-state index contributed by atoms with van der Waals surface area (Å²) in [5.74, 6) is 0. The summed E-state index contributed by atoms with van der Waals surface area (Å²) in [5, 5.41) is 13.1. The topological polar surface area (TPSA) is 35.5 Å². The van der Waals surface area contributed by atoms with Gasteiger partial charge in [-0.05, 0) is 24.7 Å². The fourth-order valence-electron chi connectivity index (χ4n) is 3.28. The summed E-state index contributed by atoms with van der Waals surface area (Å²) in [6.07, 6.45) is 3.56. The highest BCUT2D eigenvalue weighted by Crippen LogP contribution is 2.46.